The van der Waals surface area contributed by atoms with Gasteiger partial charge in [-0.25, -0.2) is 0 Å². The van der Waals surface area contributed by atoms with Gasteiger partial charge in [-0.2, -0.15) is 0 Å². The first-order valence-electron chi connectivity index (χ1n) is 8.05. The Kier molecular flexibility index (Phi) is 4.86. The van der Waals surface area contributed by atoms with Crippen molar-refractivity contribution in [2.75, 3.05) is 32.7 Å². The first kappa shape index (κ1) is 14.8. The number of nitrogens with one attached hydrogen (secondary N) is 1. The predicted molar refractivity (Wildman–Crippen MR) is 88.1 cm³/mol. The first-order chi connectivity index (χ1) is 10.8. The number of nitrogens with zero attached hydrogens (tertiary/aromatic N) is 1. The fourth-order valence-electron chi connectivity index (χ4n) is 3.01. The Bertz CT molecular complexity index is 589. The smallest absolute Gasteiger partial charge is 0.254 e. The van der Waals surface area contributed by atoms with Crippen molar-refractivity contribution < 1.29 is 9.69 Å². The van der Waals surface area contributed by atoms with Gasteiger partial charge in [-0.05, 0) is 17.7 Å². The standard InChI is InChI=1S/C19H22N2O/c22-19(18-9-5-2-6-10-18)21-15-13-20(14-16-21)12-11-17-7-3-1-4-8-17/h1-10H,11-16H2/p+1. The number of quaternary nitrogens is 1. The van der Waals surface area contributed by atoms with Crippen LogP contribution in [-0.2, 0) is 6.42 Å². The van der Waals surface area contributed by atoms with E-state index < -0.39 is 0 Å². The highest BCUT2D eigenvalue weighted by atomic mass is 16.2. The van der Waals surface area contributed by atoms with Gasteiger partial charge in [0.05, 0.1) is 32.7 Å². The van der Waals surface area contributed by atoms with Gasteiger partial charge in [-0.1, -0.05) is 48.5 Å². The fraction of sp³-hybridized carbons (Fsp3) is 0.316. The first-order valence-corrected chi connectivity index (χ1v) is 8.05. The van der Waals surface area contributed by atoms with Gasteiger partial charge < -0.3 is 9.80 Å². The molecule has 3 rings (SSSR count). The zero-order chi connectivity index (χ0) is 15.2. The van der Waals surface area contributed by atoms with Crippen LogP contribution in [0.4, 0.5) is 0 Å². The molecule has 0 aromatic heterocycles. The van der Waals surface area contributed by atoms with Crippen molar-refractivity contribution in [3.63, 3.8) is 0 Å². The van der Waals surface area contributed by atoms with Crippen molar-refractivity contribution in [3.8, 4) is 0 Å². The molecule has 114 valence electrons. The van der Waals surface area contributed by atoms with Crippen LogP contribution in [0, 0.1) is 0 Å². The van der Waals surface area contributed by atoms with E-state index in [1.54, 1.807) is 4.90 Å². The predicted octanol–water partition coefficient (Wildman–Crippen LogP) is 1.27. The van der Waals surface area contributed by atoms with Gasteiger partial charge in [-0.15, -0.1) is 0 Å². The number of piperazine rings is 1. The van der Waals surface area contributed by atoms with Crippen LogP contribution in [0.2, 0.25) is 0 Å². The van der Waals surface area contributed by atoms with E-state index in [9.17, 15) is 4.79 Å². The minimum absolute atomic E-state index is 0.169. The van der Waals surface area contributed by atoms with Crippen molar-refractivity contribution in [2.24, 2.45) is 0 Å². The highest BCUT2D eigenvalue weighted by Gasteiger charge is 2.23. The van der Waals surface area contributed by atoms with Crippen LogP contribution in [-0.4, -0.2) is 43.5 Å². The molecule has 3 nitrogen and oxygen atoms in total. The Morgan fingerprint density at radius 3 is 2.14 bits per heavy atom. The molecule has 22 heavy (non-hydrogen) atoms. The third-order valence-electron chi connectivity index (χ3n) is 4.39. The van der Waals surface area contributed by atoms with Gasteiger partial charge >= 0.3 is 0 Å². The summed E-state index contributed by atoms with van der Waals surface area (Å²) in [7, 11) is 0. The Labute approximate surface area is 132 Å². The van der Waals surface area contributed by atoms with E-state index in [1.165, 1.54) is 5.56 Å². The van der Waals surface area contributed by atoms with Gasteiger partial charge in [0.1, 0.15) is 0 Å². The number of rotatable bonds is 4. The lowest BCUT2D eigenvalue weighted by molar-refractivity contribution is -0.903. The van der Waals surface area contributed by atoms with Gasteiger partial charge in [0.15, 0.2) is 0 Å². The molecule has 0 spiro atoms. The van der Waals surface area contributed by atoms with E-state index in [4.69, 9.17) is 0 Å². The van der Waals surface area contributed by atoms with Crippen molar-refractivity contribution in [1.29, 1.82) is 0 Å². The summed E-state index contributed by atoms with van der Waals surface area (Å²) >= 11 is 0. The third-order valence-corrected chi connectivity index (χ3v) is 4.39. The highest BCUT2D eigenvalue weighted by molar-refractivity contribution is 5.94. The van der Waals surface area contributed by atoms with Crippen LogP contribution in [0.25, 0.3) is 0 Å². The number of carbonyl (C=O) groups is 1. The second-order valence-corrected chi connectivity index (χ2v) is 5.89. The quantitative estimate of drug-likeness (QED) is 0.903. The average molecular weight is 295 g/mol. The maximum absolute atomic E-state index is 12.4. The number of carbonyl (C=O) groups excluding carboxylic acids is 1. The Hall–Kier alpha value is -2.13. The van der Waals surface area contributed by atoms with E-state index >= 15 is 0 Å². The number of hydrogen-bond acceptors (Lipinski definition) is 1. The monoisotopic (exact) mass is 295 g/mol. The van der Waals surface area contributed by atoms with E-state index in [1.807, 2.05) is 35.2 Å². The van der Waals surface area contributed by atoms with Gasteiger partial charge in [0, 0.05) is 12.0 Å². The van der Waals surface area contributed by atoms with Gasteiger partial charge in [-0.3, -0.25) is 4.79 Å². The molecule has 0 saturated carbocycles. The summed E-state index contributed by atoms with van der Waals surface area (Å²) < 4.78 is 0. The SMILES string of the molecule is O=C(c1ccccc1)N1CC[NH+](CCc2ccccc2)CC1. The molecule has 0 radical (unpaired) electrons. The Morgan fingerprint density at radius 2 is 1.50 bits per heavy atom. The van der Waals surface area contributed by atoms with E-state index in [2.05, 4.69) is 30.3 Å². The van der Waals surface area contributed by atoms with Crippen molar-refractivity contribution in [1.82, 2.24) is 4.90 Å². The summed E-state index contributed by atoms with van der Waals surface area (Å²) in [5, 5.41) is 0. The molecule has 0 aliphatic carbocycles. The summed E-state index contributed by atoms with van der Waals surface area (Å²) in [5.74, 6) is 0.169. The topological polar surface area (TPSA) is 24.8 Å². The van der Waals surface area contributed by atoms with Crippen LogP contribution in [0.15, 0.2) is 60.7 Å². The lowest BCUT2D eigenvalue weighted by Gasteiger charge is -2.32. The molecule has 0 atom stereocenters. The summed E-state index contributed by atoms with van der Waals surface area (Å²) in [6.45, 7) is 4.96. The second-order valence-electron chi connectivity index (χ2n) is 5.89. The molecular weight excluding hydrogens is 272 g/mol. The maximum Gasteiger partial charge on any atom is 0.254 e. The molecule has 1 saturated heterocycles. The molecule has 1 amide bonds. The Balaban J connectivity index is 1.47. The lowest BCUT2D eigenvalue weighted by atomic mass is 10.1. The summed E-state index contributed by atoms with van der Waals surface area (Å²) in [4.78, 5) is 16.0. The van der Waals surface area contributed by atoms with Crippen molar-refractivity contribution >= 4 is 5.91 Å². The summed E-state index contributed by atoms with van der Waals surface area (Å²) in [6.07, 6.45) is 1.11. The number of benzene rings is 2. The fourth-order valence-corrected chi connectivity index (χ4v) is 3.01. The van der Waals surface area contributed by atoms with E-state index in [-0.39, 0.29) is 5.91 Å². The zero-order valence-electron chi connectivity index (χ0n) is 12.9. The number of amides is 1. The zero-order valence-corrected chi connectivity index (χ0v) is 12.9. The van der Waals surface area contributed by atoms with Crippen LogP contribution >= 0.6 is 0 Å². The molecule has 1 fully saturated rings. The van der Waals surface area contributed by atoms with Crippen LogP contribution in [0.5, 0.6) is 0 Å². The number of hydrogen-bond donors (Lipinski definition) is 1. The molecular formula is C19H23N2O+. The summed E-state index contributed by atoms with van der Waals surface area (Å²) in [5.41, 5.74) is 2.20. The minimum Gasteiger partial charge on any atom is -0.332 e. The van der Waals surface area contributed by atoms with Crippen molar-refractivity contribution in [2.45, 2.75) is 6.42 Å². The lowest BCUT2D eigenvalue weighted by Crippen LogP contribution is -3.15. The molecule has 1 aliphatic rings. The molecule has 1 aliphatic heterocycles. The van der Waals surface area contributed by atoms with Gasteiger partial charge in [0.25, 0.3) is 5.91 Å². The average Bonchev–Trinajstić information content (AvgIpc) is 2.61. The van der Waals surface area contributed by atoms with Crippen LogP contribution < -0.4 is 4.90 Å². The minimum atomic E-state index is 0.169. The van der Waals surface area contributed by atoms with Crippen molar-refractivity contribution in [3.05, 3.63) is 71.8 Å². The molecule has 2 aromatic rings. The molecule has 1 heterocycles. The normalized spacial score (nSPS) is 15.7. The second kappa shape index (κ2) is 7.23. The summed E-state index contributed by atoms with van der Waals surface area (Å²) in [6, 6.07) is 20.2. The van der Waals surface area contributed by atoms with Crippen LogP contribution in [0.3, 0.4) is 0 Å². The molecule has 0 bridgehead atoms. The van der Waals surface area contributed by atoms with E-state index in [0.717, 1.165) is 44.7 Å². The molecule has 2 aromatic carbocycles. The van der Waals surface area contributed by atoms with Crippen LogP contribution in [0.1, 0.15) is 15.9 Å². The largest absolute Gasteiger partial charge is 0.332 e. The molecule has 3 heteroatoms. The Morgan fingerprint density at radius 1 is 0.909 bits per heavy atom. The van der Waals surface area contributed by atoms with Gasteiger partial charge in [0.2, 0.25) is 0 Å². The third kappa shape index (κ3) is 3.74. The highest BCUT2D eigenvalue weighted by Crippen LogP contribution is 2.04. The molecule has 1 N–H and O–H groups in total. The molecule has 0 unspecified atom stereocenters. The maximum atomic E-state index is 12.4. The van der Waals surface area contributed by atoms with E-state index in [0.29, 0.717) is 0 Å².